The zero-order valence-electron chi connectivity index (χ0n) is 11.9. The molecule has 20 heavy (non-hydrogen) atoms. The Balaban J connectivity index is 1.97. The van der Waals surface area contributed by atoms with Crippen molar-refractivity contribution in [3.63, 3.8) is 0 Å². The second-order valence-corrected chi connectivity index (χ2v) is 4.86. The Morgan fingerprint density at radius 1 is 1.50 bits per heavy atom. The molecule has 0 unspecified atom stereocenters. The van der Waals surface area contributed by atoms with Crippen molar-refractivity contribution >= 4 is 17.3 Å². The summed E-state index contributed by atoms with van der Waals surface area (Å²) in [5.41, 5.74) is 0.0125. The van der Waals surface area contributed by atoms with Crippen LogP contribution in [0.3, 0.4) is 0 Å². The van der Waals surface area contributed by atoms with Crippen LogP contribution in [-0.2, 0) is 0 Å². The van der Waals surface area contributed by atoms with Gasteiger partial charge >= 0.3 is 5.69 Å². The first kappa shape index (κ1) is 14.5. The lowest BCUT2D eigenvalue weighted by molar-refractivity contribution is -0.384. The molecule has 1 aromatic heterocycles. The molecular weight excluding hydrogens is 258 g/mol. The molecule has 1 heterocycles. The largest absolute Gasteiger partial charge is 0.373 e. The zero-order chi connectivity index (χ0) is 14.5. The topological polar surface area (TPSA) is 83.3 Å². The normalized spacial score (nSPS) is 14.3. The average Bonchev–Trinajstić information content (AvgIpc) is 3.27. The third-order valence-electron chi connectivity index (χ3n) is 3.49. The molecule has 0 saturated heterocycles. The van der Waals surface area contributed by atoms with Crippen LogP contribution in [0.2, 0.25) is 0 Å². The number of rotatable bonds is 8. The minimum Gasteiger partial charge on any atom is -0.373 e. The number of nitrogens with zero attached hydrogens (tertiary/aromatic N) is 3. The number of nitro groups is 1. The Morgan fingerprint density at radius 2 is 2.25 bits per heavy atom. The predicted octanol–water partition coefficient (Wildman–Crippen LogP) is 1.93. The zero-order valence-corrected chi connectivity index (χ0v) is 11.9. The van der Waals surface area contributed by atoms with E-state index in [-0.39, 0.29) is 5.69 Å². The molecular formula is C13H21N5O2. The summed E-state index contributed by atoms with van der Waals surface area (Å²) in [5.74, 6) is 0.946. The summed E-state index contributed by atoms with van der Waals surface area (Å²) in [6.07, 6.45) is 2.53. The van der Waals surface area contributed by atoms with Crippen molar-refractivity contribution < 1.29 is 4.92 Å². The molecule has 0 aliphatic heterocycles. The molecule has 0 radical (unpaired) electrons. The summed E-state index contributed by atoms with van der Waals surface area (Å²) in [6, 6.07) is 3.78. The lowest BCUT2D eigenvalue weighted by Gasteiger charge is -2.19. The van der Waals surface area contributed by atoms with E-state index < -0.39 is 4.92 Å². The van der Waals surface area contributed by atoms with Gasteiger partial charge in [0, 0.05) is 32.2 Å². The Labute approximate surface area is 118 Å². The quantitative estimate of drug-likeness (QED) is 0.559. The summed E-state index contributed by atoms with van der Waals surface area (Å²) < 4.78 is 0. The van der Waals surface area contributed by atoms with Gasteiger partial charge in [-0.1, -0.05) is 6.92 Å². The van der Waals surface area contributed by atoms with Crippen molar-refractivity contribution in [2.45, 2.75) is 25.8 Å². The summed E-state index contributed by atoms with van der Waals surface area (Å²) in [6.45, 7) is 4.69. The van der Waals surface area contributed by atoms with Crippen LogP contribution >= 0.6 is 0 Å². The fourth-order valence-electron chi connectivity index (χ4n) is 2.22. The molecule has 2 rings (SSSR count). The van der Waals surface area contributed by atoms with Crippen molar-refractivity contribution in [2.75, 3.05) is 37.3 Å². The molecule has 1 aliphatic carbocycles. The molecule has 0 aromatic carbocycles. The maximum Gasteiger partial charge on any atom is 0.311 e. The number of hydrogen-bond donors (Lipinski definition) is 2. The number of aromatic nitrogens is 1. The van der Waals surface area contributed by atoms with E-state index in [1.54, 1.807) is 13.1 Å². The molecule has 110 valence electrons. The van der Waals surface area contributed by atoms with Crippen molar-refractivity contribution in [1.82, 2.24) is 9.88 Å². The molecule has 0 amide bonds. The molecule has 2 N–H and O–H groups in total. The van der Waals surface area contributed by atoms with Gasteiger partial charge in [-0.3, -0.25) is 15.0 Å². The highest BCUT2D eigenvalue weighted by Gasteiger charge is 2.27. The summed E-state index contributed by atoms with van der Waals surface area (Å²) in [4.78, 5) is 17.2. The van der Waals surface area contributed by atoms with Gasteiger partial charge in [0.1, 0.15) is 5.82 Å². The molecule has 1 fully saturated rings. The van der Waals surface area contributed by atoms with E-state index in [1.807, 2.05) is 0 Å². The first-order valence-corrected chi connectivity index (χ1v) is 6.96. The SMILES string of the molecule is CCN(CCNc1nc(NC)ccc1[N+](=O)[O-])C1CC1. The van der Waals surface area contributed by atoms with Crippen LogP contribution in [0, 0.1) is 10.1 Å². The number of likely N-dealkylation sites (N-methyl/N-ethyl adjacent to an activating group) is 1. The number of anilines is 2. The Bertz CT molecular complexity index is 476. The predicted molar refractivity (Wildman–Crippen MR) is 79.2 cm³/mol. The van der Waals surface area contributed by atoms with Crippen LogP contribution in [0.1, 0.15) is 19.8 Å². The van der Waals surface area contributed by atoms with Gasteiger partial charge in [-0.2, -0.15) is 0 Å². The second kappa shape index (κ2) is 6.51. The van der Waals surface area contributed by atoms with Crippen molar-refractivity contribution in [3.05, 3.63) is 22.2 Å². The minimum atomic E-state index is -0.409. The minimum absolute atomic E-state index is 0.0125. The van der Waals surface area contributed by atoms with E-state index in [2.05, 4.69) is 27.4 Å². The fourth-order valence-corrected chi connectivity index (χ4v) is 2.22. The molecule has 1 aromatic rings. The molecule has 1 saturated carbocycles. The van der Waals surface area contributed by atoms with E-state index >= 15 is 0 Å². The highest BCUT2D eigenvalue weighted by Crippen LogP contribution is 2.27. The van der Waals surface area contributed by atoms with Gasteiger partial charge in [0.2, 0.25) is 5.82 Å². The van der Waals surface area contributed by atoms with E-state index in [0.29, 0.717) is 24.2 Å². The maximum atomic E-state index is 11.0. The number of nitrogens with one attached hydrogen (secondary N) is 2. The summed E-state index contributed by atoms with van der Waals surface area (Å²) >= 11 is 0. The second-order valence-electron chi connectivity index (χ2n) is 4.86. The average molecular weight is 279 g/mol. The third-order valence-corrected chi connectivity index (χ3v) is 3.49. The summed E-state index contributed by atoms with van der Waals surface area (Å²) in [5, 5.41) is 17.0. The Morgan fingerprint density at radius 3 is 2.80 bits per heavy atom. The van der Waals surface area contributed by atoms with E-state index in [1.165, 1.54) is 18.9 Å². The van der Waals surface area contributed by atoms with Crippen molar-refractivity contribution in [2.24, 2.45) is 0 Å². The highest BCUT2D eigenvalue weighted by molar-refractivity contribution is 5.60. The van der Waals surface area contributed by atoms with Crippen LogP contribution < -0.4 is 10.6 Å². The number of hydrogen-bond acceptors (Lipinski definition) is 6. The van der Waals surface area contributed by atoms with Crippen molar-refractivity contribution in [3.8, 4) is 0 Å². The van der Waals surface area contributed by atoms with Gasteiger partial charge in [0.15, 0.2) is 0 Å². The van der Waals surface area contributed by atoms with Gasteiger partial charge in [-0.05, 0) is 25.5 Å². The van der Waals surface area contributed by atoms with Gasteiger partial charge in [0.05, 0.1) is 4.92 Å². The van der Waals surface area contributed by atoms with Crippen LogP contribution in [-0.4, -0.2) is 47.5 Å². The van der Waals surface area contributed by atoms with Gasteiger partial charge in [0.25, 0.3) is 0 Å². The standard InChI is InChI=1S/C13H21N5O2/c1-3-17(10-4-5-10)9-8-15-13-11(18(19)20)6-7-12(14-2)16-13/h6-7,10H,3-5,8-9H2,1-2H3,(H2,14,15,16). The van der Waals surface area contributed by atoms with Gasteiger partial charge in [-0.15, -0.1) is 0 Å². The van der Waals surface area contributed by atoms with Crippen LogP contribution in [0.5, 0.6) is 0 Å². The highest BCUT2D eigenvalue weighted by atomic mass is 16.6. The van der Waals surface area contributed by atoms with E-state index in [4.69, 9.17) is 0 Å². The molecule has 7 nitrogen and oxygen atoms in total. The molecule has 0 atom stereocenters. The van der Waals surface area contributed by atoms with E-state index in [0.717, 1.165) is 13.1 Å². The lowest BCUT2D eigenvalue weighted by atomic mass is 10.3. The third kappa shape index (κ3) is 3.57. The lowest BCUT2D eigenvalue weighted by Crippen LogP contribution is -2.31. The molecule has 0 bridgehead atoms. The Kier molecular flexibility index (Phi) is 4.73. The molecule has 0 spiro atoms. The number of pyridine rings is 1. The fraction of sp³-hybridized carbons (Fsp3) is 0.615. The van der Waals surface area contributed by atoms with E-state index in [9.17, 15) is 10.1 Å². The Hall–Kier alpha value is -1.89. The van der Waals surface area contributed by atoms with Crippen molar-refractivity contribution in [1.29, 1.82) is 0 Å². The smallest absolute Gasteiger partial charge is 0.311 e. The molecule has 1 aliphatic rings. The first-order valence-electron chi connectivity index (χ1n) is 6.96. The van der Waals surface area contributed by atoms with Gasteiger partial charge < -0.3 is 10.6 Å². The maximum absolute atomic E-state index is 11.0. The van der Waals surface area contributed by atoms with Crippen LogP contribution in [0.4, 0.5) is 17.3 Å². The first-order chi connectivity index (χ1) is 9.65. The van der Waals surface area contributed by atoms with Crippen LogP contribution in [0.15, 0.2) is 12.1 Å². The van der Waals surface area contributed by atoms with Gasteiger partial charge in [-0.25, -0.2) is 4.98 Å². The van der Waals surface area contributed by atoms with Crippen LogP contribution in [0.25, 0.3) is 0 Å². The molecule has 7 heteroatoms. The monoisotopic (exact) mass is 279 g/mol. The summed E-state index contributed by atoms with van der Waals surface area (Å²) in [7, 11) is 1.74.